The minimum atomic E-state index is -3.53. The Balaban J connectivity index is 1.59. The van der Waals surface area contributed by atoms with Crippen molar-refractivity contribution in [2.45, 2.75) is 30.6 Å². The molecule has 2 aliphatic carbocycles. The molecule has 0 bridgehead atoms. The fraction of sp³-hybridized carbons (Fsp3) is 0.500. The predicted octanol–water partition coefficient (Wildman–Crippen LogP) is 1.42. The first-order valence-corrected chi connectivity index (χ1v) is 9.48. The van der Waals surface area contributed by atoms with Crippen LogP contribution in [0, 0.1) is 17.8 Å². The van der Waals surface area contributed by atoms with E-state index in [-0.39, 0.29) is 10.8 Å². The molecule has 130 valence electrons. The highest BCUT2D eigenvalue weighted by Gasteiger charge is 2.41. The second-order valence-electron chi connectivity index (χ2n) is 6.44. The van der Waals surface area contributed by atoms with E-state index in [0.29, 0.717) is 31.0 Å². The average molecular weight is 352 g/mol. The van der Waals surface area contributed by atoms with Crippen molar-refractivity contribution >= 4 is 27.6 Å². The fourth-order valence-corrected chi connectivity index (χ4v) is 3.81. The van der Waals surface area contributed by atoms with Crippen LogP contribution in [-0.4, -0.2) is 31.9 Å². The van der Waals surface area contributed by atoms with Crippen LogP contribution < -0.4 is 10.0 Å². The van der Waals surface area contributed by atoms with Crippen LogP contribution >= 0.6 is 0 Å². The zero-order valence-corrected chi connectivity index (χ0v) is 13.9. The monoisotopic (exact) mass is 352 g/mol. The molecule has 1 aromatic rings. The molecule has 24 heavy (non-hydrogen) atoms. The van der Waals surface area contributed by atoms with Crippen molar-refractivity contribution < 1.29 is 23.1 Å². The van der Waals surface area contributed by atoms with Crippen molar-refractivity contribution in [3.05, 3.63) is 24.3 Å². The second-order valence-corrected chi connectivity index (χ2v) is 8.20. The van der Waals surface area contributed by atoms with E-state index in [0.717, 1.165) is 12.8 Å². The number of anilines is 1. The Kier molecular flexibility index (Phi) is 4.60. The number of nitrogens with one attached hydrogen (secondary N) is 2. The van der Waals surface area contributed by atoms with Crippen LogP contribution in [0.4, 0.5) is 5.69 Å². The summed E-state index contributed by atoms with van der Waals surface area (Å²) in [5.41, 5.74) is 0.456. The largest absolute Gasteiger partial charge is 0.481 e. The number of carbonyl (C=O) groups excluding carboxylic acids is 1. The Labute approximate surface area is 140 Å². The number of hydrogen-bond acceptors (Lipinski definition) is 4. The summed E-state index contributed by atoms with van der Waals surface area (Å²) in [6.45, 7) is 0.457. The molecule has 2 aliphatic rings. The van der Waals surface area contributed by atoms with E-state index in [9.17, 15) is 18.0 Å². The van der Waals surface area contributed by atoms with E-state index in [1.54, 1.807) is 0 Å². The van der Waals surface area contributed by atoms with E-state index in [1.807, 2.05) is 0 Å². The molecule has 0 heterocycles. The molecule has 0 radical (unpaired) electrons. The number of benzene rings is 1. The number of carboxylic acids is 1. The summed E-state index contributed by atoms with van der Waals surface area (Å²) in [5.74, 6) is -1.99. The Morgan fingerprint density at radius 3 is 2.17 bits per heavy atom. The van der Waals surface area contributed by atoms with Crippen molar-refractivity contribution in [1.82, 2.24) is 4.72 Å². The van der Waals surface area contributed by atoms with Gasteiger partial charge < -0.3 is 10.4 Å². The predicted molar refractivity (Wildman–Crippen MR) is 86.8 cm³/mol. The van der Waals surface area contributed by atoms with Gasteiger partial charge in [-0.2, -0.15) is 0 Å². The number of hydrogen-bond donors (Lipinski definition) is 3. The summed E-state index contributed by atoms with van der Waals surface area (Å²) in [6, 6.07) is 5.89. The normalized spacial score (nSPS) is 23.3. The minimum absolute atomic E-state index is 0.146. The van der Waals surface area contributed by atoms with Gasteiger partial charge in [0.15, 0.2) is 0 Å². The summed E-state index contributed by atoms with van der Waals surface area (Å²) in [7, 11) is -3.53. The number of carboxylic acid groups (broad SMARTS) is 1. The lowest BCUT2D eigenvalue weighted by Gasteiger charge is -2.31. The van der Waals surface area contributed by atoms with Crippen molar-refractivity contribution in [1.29, 1.82) is 0 Å². The van der Waals surface area contributed by atoms with E-state index >= 15 is 0 Å². The lowest BCUT2D eigenvalue weighted by atomic mass is 9.73. The lowest BCUT2D eigenvalue weighted by molar-refractivity contribution is -0.151. The Bertz CT molecular complexity index is 740. The van der Waals surface area contributed by atoms with Crippen LogP contribution in [0.25, 0.3) is 0 Å². The lowest BCUT2D eigenvalue weighted by Crippen LogP contribution is -2.41. The third-order valence-electron chi connectivity index (χ3n) is 4.62. The van der Waals surface area contributed by atoms with Gasteiger partial charge in [0.1, 0.15) is 0 Å². The zero-order chi connectivity index (χ0) is 17.3. The molecular weight excluding hydrogens is 332 g/mol. The molecule has 1 aromatic carbocycles. The molecule has 3 rings (SSSR count). The molecule has 0 spiro atoms. The molecule has 1 amide bonds. The highest BCUT2D eigenvalue weighted by Crippen LogP contribution is 2.35. The SMILES string of the molecule is O=C(O)C1CCC1C(=O)Nc1ccc(S(=O)(=O)NCC2CC2)cc1. The molecule has 0 aromatic heterocycles. The quantitative estimate of drug-likeness (QED) is 0.687. The van der Waals surface area contributed by atoms with E-state index in [2.05, 4.69) is 10.0 Å². The van der Waals surface area contributed by atoms with Gasteiger partial charge in [0.05, 0.1) is 16.7 Å². The first-order valence-electron chi connectivity index (χ1n) is 8.00. The number of carbonyl (C=O) groups is 2. The molecular formula is C16H20N2O5S. The van der Waals surface area contributed by atoms with E-state index < -0.39 is 27.8 Å². The number of amides is 1. The standard InChI is InChI=1S/C16H20N2O5S/c19-15(13-7-8-14(13)16(20)21)18-11-3-5-12(6-4-11)24(22,23)17-9-10-1-2-10/h3-6,10,13-14,17H,1-2,7-9H2,(H,18,19)(H,20,21). The summed E-state index contributed by atoms with van der Waals surface area (Å²) in [6.07, 6.45) is 3.19. The van der Waals surface area contributed by atoms with Gasteiger partial charge in [-0.3, -0.25) is 9.59 Å². The molecule has 8 heteroatoms. The Hall–Kier alpha value is -1.93. The topological polar surface area (TPSA) is 113 Å². The second kappa shape index (κ2) is 6.52. The summed E-state index contributed by atoms with van der Waals surface area (Å²) < 4.78 is 26.8. The molecule has 2 saturated carbocycles. The minimum Gasteiger partial charge on any atom is -0.481 e. The highest BCUT2D eigenvalue weighted by atomic mass is 32.2. The van der Waals surface area contributed by atoms with Crippen molar-refractivity contribution in [2.24, 2.45) is 17.8 Å². The van der Waals surface area contributed by atoms with Gasteiger partial charge in [-0.05, 0) is 55.9 Å². The Morgan fingerprint density at radius 2 is 1.67 bits per heavy atom. The summed E-state index contributed by atoms with van der Waals surface area (Å²) >= 11 is 0. The van der Waals surface area contributed by atoms with Crippen molar-refractivity contribution in [3.8, 4) is 0 Å². The van der Waals surface area contributed by atoms with E-state index in [4.69, 9.17) is 5.11 Å². The van der Waals surface area contributed by atoms with E-state index in [1.165, 1.54) is 24.3 Å². The van der Waals surface area contributed by atoms with Crippen LogP contribution in [0.1, 0.15) is 25.7 Å². The molecule has 2 fully saturated rings. The smallest absolute Gasteiger partial charge is 0.307 e. The van der Waals surface area contributed by atoms with Crippen LogP contribution in [0.15, 0.2) is 29.2 Å². The molecule has 2 unspecified atom stereocenters. The number of sulfonamides is 1. The molecule has 2 atom stereocenters. The van der Waals surface area contributed by atoms with Gasteiger partial charge in [0, 0.05) is 12.2 Å². The summed E-state index contributed by atoms with van der Waals surface area (Å²) in [4.78, 5) is 23.2. The van der Waals surface area contributed by atoms with Crippen molar-refractivity contribution in [2.75, 3.05) is 11.9 Å². The molecule has 0 aliphatic heterocycles. The zero-order valence-electron chi connectivity index (χ0n) is 13.1. The van der Waals surface area contributed by atoms with Crippen LogP contribution in [0.2, 0.25) is 0 Å². The maximum atomic E-state index is 12.1. The fourth-order valence-electron chi connectivity index (χ4n) is 2.69. The maximum absolute atomic E-state index is 12.1. The molecule has 3 N–H and O–H groups in total. The molecule has 7 nitrogen and oxygen atoms in total. The van der Waals surface area contributed by atoms with Gasteiger partial charge in [0.2, 0.25) is 15.9 Å². The number of rotatable bonds is 7. The van der Waals surface area contributed by atoms with Gasteiger partial charge in [-0.25, -0.2) is 13.1 Å². The third kappa shape index (κ3) is 3.76. The van der Waals surface area contributed by atoms with Gasteiger partial charge in [-0.1, -0.05) is 0 Å². The Morgan fingerprint density at radius 1 is 1.04 bits per heavy atom. The molecule has 0 saturated heterocycles. The maximum Gasteiger partial charge on any atom is 0.307 e. The third-order valence-corrected chi connectivity index (χ3v) is 6.06. The van der Waals surface area contributed by atoms with Gasteiger partial charge >= 0.3 is 5.97 Å². The summed E-state index contributed by atoms with van der Waals surface area (Å²) in [5, 5.41) is 11.6. The first kappa shape index (κ1) is 16.9. The highest BCUT2D eigenvalue weighted by molar-refractivity contribution is 7.89. The van der Waals surface area contributed by atoms with Crippen LogP contribution in [-0.2, 0) is 19.6 Å². The van der Waals surface area contributed by atoms with Crippen LogP contribution in [0.5, 0.6) is 0 Å². The van der Waals surface area contributed by atoms with Gasteiger partial charge in [0.25, 0.3) is 0 Å². The van der Waals surface area contributed by atoms with Crippen molar-refractivity contribution in [3.63, 3.8) is 0 Å². The first-order chi connectivity index (χ1) is 11.4. The average Bonchev–Trinajstić information content (AvgIpc) is 3.28. The van der Waals surface area contributed by atoms with Gasteiger partial charge in [-0.15, -0.1) is 0 Å². The van der Waals surface area contributed by atoms with Crippen LogP contribution in [0.3, 0.4) is 0 Å². The number of aliphatic carboxylic acids is 1.